The van der Waals surface area contributed by atoms with Crippen molar-refractivity contribution in [2.75, 3.05) is 20.3 Å². The summed E-state index contributed by atoms with van der Waals surface area (Å²) in [5, 5.41) is 0. The number of rotatable bonds is 7. The van der Waals surface area contributed by atoms with Gasteiger partial charge in [-0.25, -0.2) is 0 Å². The van der Waals surface area contributed by atoms with Crippen molar-refractivity contribution >= 4 is 0 Å². The number of unbranched alkanes of at least 4 members (excludes halogenated alkanes) is 2. The Morgan fingerprint density at radius 1 is 1.00 bits per heavy atom. The molecule has 0 heterocycles. The first-order valence-electron chi connectivity index (χ1n) is 5.33. The van der Waals surface area contributed by atoms with Crippen molar-refractivity contribution in [3.8, 4) is 11.5 Å². The molecule has 0 amide bonds. The van der Waals surface area contributed by atoms with E-state index in [0.29, 0.717) is 0 Å². The van der Waals surface area contributed by atoms with Gasteiger partial charge in [-0.1, -0.05) is 0 Å². The quantitative estimate of drug-likeness (QED) is 0.700. The highest BCUT2D eigenvalue weighted by atomic mass is 16.5. The summed E-state index contributed by atoms with van der Waals surface area (Å²) in [4.78, 5) is 0. The van der Waals surface area contributed by atoms with Crippen LogP contribution in [0, 0.1) is 0 Å². The lowest BCUT2D eigenvalue weighted by Gasteiger charge is -2.06. The Bertz CT molecular complexity index is 259. The third-order valence-electron chi connectivity index (χ3n) is 2.18. The summed E-state index contributed by atoms with van der Waals surface area (Å²) >= 11 is 0. The topological polar surface area (TPSA) is 44.5 Å². The maximum Gasteiger partial charge on any atom is 0.119 e. The van der Waals surface area contributed by atoms with Crippen molar-refractivity contribution in [2.45, 2.75) is 19.3 Å². The van der Waals surface area contributed by atoms with Crippen molar-refractivity contribution in [3.05, 3.63) is 24.3 Å². The molecule has 0 radical (unpaired) electrons. The highest BCUT2D eigenvalue weighted by molar-refractivity contribution is 5.30. The molecule has 1 aromatic carbocycles. The Labute approximate surface area is 91.2 Å². The largest absolute Gasteiger partial charge is 0.497 e. The van der Waals surface area contributed by atoms with Crippen molar-refractivity contribution in [3.63, 3.8) is 0 Å². The second kappa shape index (κ2) is 7.12. The van der Waals surface area contributed by atoms with Crippen molar-refractivity contribution in [2.24, 2.45) is 5.73 Å². The predicted octanol–water partition coefficient (Wildman–Crippen LogP) is 2.20. The first-order chi connectivity index (χ1) is 7.36. The molecule has 0 unspecified atom stereocenters. The monoisotopic (exact) mass is 209 g/mol. The molecular formula is C12H19NO2. The van der Waals surface area contributed by atoms with E-state index in [-0.39, 0.29) is 0 Å². The third-order valence-corrected chi connectivity index (χ3v) is 2.18. The molecule has 3 nitrogen and oxygen atoms in total. The maximum atomic E-state index is 5.56. The number of ether oxygens (including phenoxy) is 2. The lowest BCUT2D eigenvalue weighted by molar-refractivity contribution is 0.305. The van der Waals surface area contributed by atoms with Crippen molar-refractivity contribution < 1.29 is 9.47 Å². The Morgan fingerprint density at radius 3 is 2.27 bits per heavy atom. The van der Waals surface area contributed by atoms with Gasteiger partial charge in [-0.15, -0.1) is 0 Å². The minimum atomic E-state index is 0.756. The summed E-state index contributed by atoms with van der Waals surface area (Å²) in [6.45, 7) is 1.52. The van der Waals surface area contributed by atoms with E-state index in [1.807, 2.05) is 24.3 Å². The molecule has 1 aromatic rings. The van der Waals surface area contributed by atoms with Gasteiger partial charge in [-0.2, -0.15) is 0 Å². The minimum absolute atomic E-state index is 0.756. The normalized spacial score (nSPS) is 10.0. The van der Waals surface area contributed by atoms with Gasteiger partial charge in [0.25, 0.3) is 0 Å². The lowest BCUT2D eigenvalue weighted by atomic mass is 10.2. The SMILES string of the molecule is COc1ccc(OCCCCCN)cc1. The van der Waals surface area contributed by atoms with Crippen LogP contribution in [0.4, 0.5) is 0 Å². The molecule has 0 saturated carbocycles. The Kier molecular flexibility index (Phi) is 5.63. The average Bonchev–Trinajstić information content (AvgIpc) is 2.30. The van der Waals surface area contributed by atoms with Crippen LogP contribution in [0.3, 0.4) is 0 Å². The lowest BCUT2D eigenvalue weighted by Crippen LogP contribution is -2.01. The van der Waals surface area contributed by atoms with Crippen LogP contribution in [0.2, 0.25) is 0 Å². The molecule has 2 N–H and O–H groups in total. The van der Waals surface area contributed by atoms with Crippen LogP contribution in [-0.2, 0) is 0 Å². The van der Waals surface area contributed by atoms with Crippen LogP contribution < -0.4 is 15.2 Å². The molecule has 0 spiro atoms. The summed E-state index contributed by atoms with van der Waals surface area (Å²) in [6.07, 6.45) is 3.27. The molecule has 0 aliphatic heterocycles. The van der Waals surface area contributed by atoms with Crippen LogP contribution in [0.25, 0.3) is 0 Å². The highest BCUT2D eigenvalue weighted by Crippen LogP contribution is 2.17. The molecule has 0 atom stereocenters. The van der Waals surface area contributed by atoms with Gasteiger partial charge in [0.15, 0.2) is 0 Å². The molecular weight excluding hydrogens is 190 g/mol. The van der Waals surface area contributed by atoms with Gasteiger partial charge in [0.2, 0.25) is 0 Å². The predicted molar refractivity (Wildman–Crippen MR) is 61.4 cm³/mol. The number of methoxy groups -OCH3 is 1. The second-order valence-corrected chi connectivity index (χ2v) is 3.37. The number of benzene rings is 1. The second-order valence-electron chi connectivity index (χ2n) is 3.37. The van der Waals surface area contributed by atoms with Crippen molar-refractivity contribution in [1.82, 2.24) is 0 Å². The summed E-state index contributed by atoms with van der Waals surface area (Å²) in [5.41, 5.74) is 5.40. The molecule has 0 bridgehead atoms. The smallest absolute Gasteiger partial charge is 0.119 e. The average molecular weight is 209 g/mol. The molecule has 0 aliphatic carbocycles. The summed E-state index contributed by atoms with van der Waals surface area (Å²) < 4.78 is 10.6. The molecule has 84 valence electrons. The van der Waals surface area contributed by atoms with Crippen LogP contribution >= 0.6 is 0 Å². The third kappa shape index (κ3) is 4.70. The van der Waals surface area contributed by atoms with Crippen LogP contribution in [0.5, 0.6) is 11.5 Å². The first-order valence-corrected chi connectivity index (χ1v) is 5.33. The Balaban J connectivity index is 2.20. The van der Waals surface area contributed by atoms with Crippen LogP contribution in [0.1, 0.15) is 19.3 Å². The molecule has 3 heteroatoms. The number of hydrogen-bond donors (Lipinski definition) is 1. The zero-order valence-corrected chi connectivity index (χ0v) is 9.24. The molecule has 15 heavy (non-hydrogen) atoms. The molecule has 0 saturated heterocycles. The van der Waals surface area contributed by atoms with Crippen molar-refractivity contribution in [1.29, 1.82) is 0 Å². The standard InChI is InChI=1S/C12H19NO2/c1-14-11-5-7-12(8-6-11)15-10-4-2-3-9-13/h5-8H,2-4,9-10,13H2,1H3. The molecule has 0 aliphatic rings. The first kappa shape index (κ1) is 11.9. The van der Waals surface area contributed by atoms with E-state index in [2.05, 4.69) is 0 Å². The molecule has 0 fully saturated rings. The minimum Gasteiger partial charge on any atom is -0.497 e. The van der Waals surface area contributed by atoms with E-state index < -0.39 is 0 Å². The van der Waals surface area contributed by atoms with E-state index in [1.165, 1.54) is 0 Å². The Hall–Kier alpha value is -1.22. The maximum absolute atomic E-state index is 5.56. The van der Waals surface area contributed by atoms with Gasteiger partial charge in [-0.05, 0) is 50.1 Å². The highest BCUT2D eigenvalue weighted by Gasteiger charge is 1.94. The zero-order valence-electron chi connectivity index (χ0n) is 9.24. The van der Waals surface area contributed by atoms with E-state index in [9.17, 15) is 0 Å². The van der Waals surface area contributed by atoms with Gasteiger partial charge in [0, 0.05) is 0 Å². The van der Waals surface area contributed by atoms with E-state index >= 15 is 0 Å². The van der Waals surface area contributed by atoms with Gasteiger partial charge >= 0.3 is 0 Å². The summed E-state index contributed by atoms with van der Waals surface area (Å²) in [7, 11) is 1.66. The van der Waals surface area contributed by atoms with E-state index in [4.69, 9.17) is 15.2 Å². The van der Waals surface area contributed by atoms with Gasteiger partial charge in [0.1, 0.15) is 11.5 Å². The fourth-order valence-corrected chi connectivity index (χ4v) is 1.29. The number of nitrogens with two attached hydrogens (primary N) is 1. The number of hydrogen-bond acceptors (Lipinski definition) is 3. The fraction of sp³-hybridized carbons (Fsp3) is 0.500. The summed E-state index contributed by atoms with van der Waals surface area (Å²) in [6, 6.07) is 7.63. The Morgan fingerprint density at radius 2 is 1.67 bits per heavy atom. The van der Waals surface area contributed by atoms with Gasteiger partial charge in [-0.3, -0.25) is 0 Å². The van der Waals surface area contributed by atoms with Gasteiger partial charge < -0.3 is 15.2 Å². The molecule has 1 rings (SSSR count). The fourth-order valence-electron chi connectivity index (χ4n) is 1.29. The van der Waals surface area contributed by atoms with E-state index in [0.717, 1.165) is 43.9 Å². The van der Waals surface area contributed by atoms with Crippen LogP contribution in [-0.4, -0.2) is 20.3 Å². The van der Waals surface area contributed by atoms with Crippen LogP contribution in [0.15, 0.2) is 24.3 Å². The zero-order chi connectivity index (χ0) is 10.9. The summed E-state index contributed by atoms with van der Waals surface area (Å²) in [5.74, 6) is 1.74. The van der Waals surface area contributed by atoms with Gasteiger partial charge in [0.05, 0.1) is 13.7 Å². The van der Waals surface area contributed by atoms with E-state index in [1.54, 1.807) is 7.11 Å². The molecule has 0 aromatic heterocycles.